The van der Waals surface area contributed by atoms with Crippen molar-refractivity contribution in [2.24, 2.45) is 0 Å². The molecule has 158 valence electrons. The highest BCUT2D eigenvalue weighted by atomic mass is 16.6. The van der Waals surface area contributed by atoms with E-state index in [1.807, 2.05) is 0 Å². The molecule has 0 unspecified atom stereocenters. The number of hydrogen-bond donors (Lipinski definition) is 0. The molecule has 0 aromatic carbocycles. The molecule has 1 aromatic heterocycles. The summed E-state index contributed by atoms with van der Waals surface area (Å²) in [5.41, 5.74) is -0.358. The van der Waals surface area contributed by atoms with Crippen molar-refractivity contribution in [3.63, 3.8) is 0 Å². The molecule has 5 heteroatoms. The predicted molar refractivity (Wildman–Crippen MR) is 112 cm³/mol. The number of pyridine rings is 1. The Morgan fingerprint density at radius 2 is 1.32 bits per heavy atom. The number of esters is 2. The predicted octanol–water partition coefficient (Wildman–Crippen LogP) is 6.11. The number of aromatic nitrogens is 1. The van der Waals surface area contributed by atoms with Gasteiger partial charge in [-0.1, -0.05) is 70.8 Å². The van der Waals surface area contributed by atoms with Gasteiger partial charge in [0.2, 0.25) is 0 Å². The first-order chi connectivity index (χ1) is 13.3. The Morgan fingerprint density at radius 1 is 0.821 bits per heavy atom. The van der Waals surface area contributed by atoms with Crippen molar-refractivity contribution < 1.29 is 19.1 Å². The first-order valence-corrected chi connectivity index (χ1v) is 10.7. The molecule has 5 nitrogen and oxygen atoms in total. The van der Waals surface area contributed by atoms with Gasteiger partial charge in [-0.15, -0.1) is 0 Å². The average molecular weight is 392 g/mol. The van der Waals surface area contributed by atoms with Crippen molar-refractivity contribution in [1.82, 2.24) is 4.98 Å². The van der Waals surface area contributed by atoms with Crippen molar-refractivity contribution in [3.8, 4) is 0 Å². The lowest BCUT2D eigenvalue weighted by molar-refractivity contribution is 0.00627. The molecule has 0 bridgehead atoms. The van der Waals surface area contributed by atoms with E-state index >= 15 is 0 Å². The summed E-state index contributed by atoms with van der Waals surface area (Å²) in [6.07, 6.45) is 12.3. The summed E-state index contributed by atoms with van der Waals surface area (Å²) >= 11 is 0. The van der Waals surface area contributed by atoms with Crippen LogP contribution >= 0.6 is 0 Å². The molecular formula is C23H37NO4. The van der Waals surface area contributed by atoms with Crippen LogP contribution in [-0.2, 0) is 9.47 Å². The molecular weight excluding hydrogens is 354 g/mol. The van der Waals surface area contributed by atoms with Crippen molar-refractivity contribution in [2.45, 2.75) is 97.5 Å². The van der Waals surface area contributed by atoms with Crippen LogP contribution in [0.5, 0.6) is 0 Å². The number of carbonyl (C=O) groups is 2. The van der Waals surface area contributed by atoms with Gasteiger partial charge < -0.3 is 9.47 Å². The normalized spacial score (nSPS) is 11.3. The van der Waals surface area contributed by atoms with Gasteiger partial charge in [-0.05, 0) is 39.3 Å². The Balaban J connectivity index is 2.22. The third kappa shape index (κ3) is 11.1. The van der Waals surface area contributed by atoms with Gasteiger partial charge in [0, 0.05) is 0 Å². The van der Waals surface area contributed by atoms with Gasteiger partial charge >= 0.3 is 11.9 Å². The van der Waals surface area contributed by atoms with E-state index < -0.39 is 17.5 Å². The van der Waals surface area contributed by atoms with Crippen LogP contribution in [-0.4, -0.2) is 29.1 Å². The van der Waals surface area contributed by atoms with Crippen molar-refractivity contribution in [2.75, 3.05) is 6.61 Å². The molecule has 0 N–H and O–H groups in total. The molecule has 0 amide bonds. The van der Waals surface area contributed by atoms with E-state index in [0.29, 0.717) is 6.61 Å². The molecule has 0 atom stereocenters. The van der Waals surface area contributed by atoms with Crippen LogP contribution < -0.4 is 0 Å². The molecule has 0 fully saturated rings. The maximum absolute atomic E-state index is 12.1. The summed E-state index contributed by atoms with van der Waals surface area (Å²) < 4.78 is 10.6. The number of hydrogen-bond acceptors (Lipinski definition) is 5. The molecule has 0 aliphatic rings. The molecule has 0 saturated heterocycles. The first kappa shape index (κ1) is 24.1. The third-order valence-corrected chi connectivity index (χ3v) is 4.30. The summed E-state index contributed by atoms with van der Waals surface area (Å²) in [7, 11) is 0. The molecule has 0 radical (unpaired) electrons. The molecule has 0 spiro atoms. The zero-order chi connectivity index (χ0) is 20.8. The summed E-state index contributed by atoms with van der Waals surface area (Å²) in [6.45, 7) is 7.98. The third-order valence-electron chi connectivity index (χ3n) is 4.30. The SMILES string of the molecule is CCCCCCCCCCCCOC(=O)c1cccc(C(=O)OC(C)(C)C)n1. The molecule has 1 aromatic rings. The van der Waals surface area contributed by atoms with Crippen LogP contribution in [0.25, 0.3) is 0 Å². The summed E-state index contributed by atoms with van der Waals surface area (Å²) in [4.78, 5) is 28.3. The summed E-state index contributed by atoms with van der Waals surface area (Å²) in [6, 6.07) is 4.70. The average Bonchev–Trinajstić information content (AvgIpc) is 2.64. The molecule has 1 heterocycles. The highest BCUT2D eigenvalue weighted by Crippen LogP contribution is 2.12. The smallest absolute Gasteiger partial charge is 0.357 e. The van der Waals surface area contributed by atoms with Gasteiger partial charge in [0.25, 0.3) is 0 Å². The fourth-order valence-electron chi connectivity index (χ4n) is 2.82. The van der Waals surface area contributed by atoms with Crippen LogP contribution in [0.4, 0.5) is 0 Å². The summed E-state index contributed by atoms with van der Waals surface area (Å²) in [5, 5.41) is 0. The second-order valence-corrected chi connectivity index (χ2v) is 8.23. The molecule has 0 saturated carbocycles. The zero-order valence-corrected chi connectivity index (χ0v) is 18.1. The lowest BCUT2D eigenvalue weighted by atomic mass is 10.1. The Labute approximate surface area is 170 Å². The number of unbranched alkanes of at least 4 members (excludes halogenated alkanes) is 9. The Morgan fingerprint density at radius 3 is 1.86 bits per heavy atom. The highest BCUT2D eigenvalue weighted by molar-refractivity contribution is 5.91. The van der Waals surface area contributed by atoms with E-state index in [-0.39, 0.29) is 11.4 Å². The zero-order valence-electron chi connectivity index (χ0n) is 18.1. The number of nitrogens with zero attached hydrogens (tertiary/aromatic N) is 1. The molecule has 28 heavy (non-hydrogen) atoms. The van der Waals surface area contributed by atoms with Gasteiger partial charge in [-0.3, -0.25) is 0 Å². The van der Waals surface area contributed by atoms with E-state index in [9.17, 15) is 9.59 Å². The highest BCUT2D eigenvalue weighted by Gasteiger charge is 2.20. The van der Waals surface area contributed by atoms with Crippen LogP contribution in [0.15, 0.2) is 18.2 Å². The minimum absolute atomic E-state index is 0.114. The topological polar surface area (TPSA) is 65.5 Å². The first-order valence-electron chi connectivity index (χ1n) is 10.7. The maximum atomic E-state index is 12.1. The number of ether oxygens (including phenoxy) is 2. The number of rotatable bonds is 13. The minimum Gasteiger partial charge on any atom is -0.461 e. The van der Waals surface area contributed by atoms with E-state index in [0.717, 1.165) is 12.8 Å². The fraction of sp³-hybridized carbons (Fsp3) is 0.696. The fourth-order valence-corrected chi connectivity index (χ4v) is 2.82. The maximum Gasteiger partial charge on any atom is 0.357 e. The largest absolute Gasteiger partial charge is 0.461 e. The molecule has 1 rings (SSSR count). The van der Waals surface area contributed by atoms with E-state index in [2.05, 4.69) is 11.9 Å². The second kappa shape index (κ2) is 13.3. The lowest BCUT2D eigenvalue weighted by Crippen LogP contribution is -2.25. The minimum atomic E-state index is -0.606. The van der Waals surface area contributed by atoms with E-state index in [1.54, 1.807) is 32.9 Å². The van der Waals surface area contributed by atoms with Gasteiger partial charge in [0.05, 0.1) is 6.61 Å². The van der Waals surface area contributed by atoms with E-state index in [4.69, 9.17) is 9.47 Å². The van der Waals surface area contributed by atoms with Crippen LogP contribution in [0.2, 0.25) is 0 Å². The Bertz CT molecular complexity index is 593. The quantitative estimate of drug-likeness (QED) is 0.299. The standard InChI is InChI=1S/C23H37NO4/c1-5-6-7-8-9-10-11-12-13-14-18-27-21(25)19-16-15-17-20(24-19)22(26)28-23(2,3)4/h15-17H,5-14,18H2,1-4H3. The van der Waals surface area contributed by atoms with Gasteiger partial charge in [-0.2, -0.15) is 0 Å². The van der Waals surface area contributed by atoms with Gasteiger partial charge in [-0.25, -0.2) is 14.6 Å². The molecule has 0 aliphatic carbocycles. The van der Waals surface area contributed by atoms with Crippen LogP contribution in [0.1, 0.15) is 113 Å². The Hall–Kier alpha value is -1.91. The lowest BCUT2D eigenvalue weighted by Gasteiger charge is -2.19. The Kier molecular flexibility index (Phi) is 11.5. The van der Waals surface area contributed by atoms with Gasteiger partial charge in [0.1, 0.15) is 17.0 Å². The van der Waals surface area contributed by atoms with Gasteiger partial charge in [0.15, 0.2) is 0 Å². The molecule has 0 aliphatic heterocycles. The second-order valence-electron chi connectivity index (χ2n) is 8.23. The van der Waals surface area contributed by atoms with Crippen LogP contribution in [0, 0.1) is 0 Å². The van der Waals surface area contributed by atoms with E-state index in [1.165, 1.54) is 57.4 Å². The van der Waals surface area contributed by atoms with Crippen LogP contribution in [0.3, 0.4) is 0 Å². The number of carbonyl (C=O) groups excluding carboxylic acids is 2. The van der Waals surface area contributed by atoms with Crippen molar-refractivity contribution in [3.05, 3.63) is 29.6 Å². The van der Waals surface area contributed by atoms with Crippen molar-refractivity contribution in [1.29, 1.82) is 0 Å². The monoisotopic (exact) mass is 391 g/mol. The summed E-state index contributed by atoms with van der Waals surface area (Å²) in [5.74, 6) is -1.04. The van der Waals surface area contributed by atoms with Crippen molar-refractivity contribution >= 4 is 11.9 Å².